The molecule has 1 amide bonds. The molecule has 0 radical (unpaired) electrons. The second-order valence-corrected chi connectivity index (χ2v) is 7.90. The predicted molar refractivity (Wildman–Crippen MR) is 113 cm³/mol. The number of thiophene rings is 1. The van der Waals surface area contributed by atoms with Crippen LogP contribution < -0.4 is 5.32 Å². The van der Waals surface area contributed by atoms with Crippen LogP contribution in [0.5, 0.6) is 0 Å². The molecule has 0 saturated heterocycles. The maximum atomic E-state index is 12.7. The van der Waals surface area contributed by atoms with Crippen LogP contribution in [0.25, 0.3) is 10.9 Å². The highest BCUT2D eigenvalue weighted by Crippen LogP contribution is 2.29. The third kappa shape index (κ3) is 3.86. The summed E-state index contributed by atoms with van der Waals surface area (Å²) in [6.45, 7) is 1.99. The van der Waals surface area contributed by atoms with Crippen molar-refractivity contribution in [1.29, 1.82) is 0 Å². The Morgan fingerprint density at radius 3 is 2.81 bits per heavy atom. The zero-order chi connectivity index (χ0) is 18.6. The molecular formula is C21H17N3OS2. The van der Waals surface area contributed by atoms with Gasteiger partial charge in [-0.2, -0.15) is 0 Å². The number of fused-ring (bicyclic) bond motifs is 1. The fourth-order valence-electron chi connectivity index (χ4n) is 2.78. The Morgan fingerprint density at radius 2 is 1.96 bits per heavy atom. The lowest BCUT2D eigenvalue weighted by Gasteiger charge is -2.10. The number of para-hydroxylation sites is 1. The minimum absolute atomic E-state index is 0.129. The van der Waals surface area contributed by atoms with Crippen LogP contribution in [0.15, 0.2) is 71.3 Å². The molecule has 4 nitrogen and oxygen atoms in total. The van der Waals surface area contributed by atoms with Gasteiger partial charge in [0, 0.05) is 23.5 Å². The molecule has 0 saturated carbocycles. The molecule has 0 aliphatic heterocycles. The quantitative estimate of drug-likeness (QED) is 0.454. The Kier molecular flexibility index (Phi) is 5.18. The molecule has 0 bridgehead atoms. The molecule has 1 N–H and O–H groups in total. The molecule has 3 heterocycles. The number of benzene rings is 1. The zero-order valence-electron chi connectivity index (χ0n) is 14.7. The first-order valence-electron chi connectivity index (χ1n) is 8.48. The molecule has 0 unspecified atom stereocenters. The number of hydrogen-bond acceptors (Lipinski definition) is 5. The molecule has 0 aliphatic carbocycles. The van der Waals surface area contributed by atoms with Gasteiger partial charge in [0.05, 0.1) is 16.1 Å². The van der Waals surface area contributed by atoms with Crippen molar-refractivity contribution >= 4 is 44.9 Å². The Labute approximate surface area is 165 Å². The van der Waals surface area contributed by atoms with E-state index in [0.29, 0.717) is 5.56 Å². The number of nitrogens with one attached hydrogen (secondary N) is 1. The Morgan fingerprint density at radius 1 is 1.07 bits per heavy atom. The maximum Gasteiger partial charge on any atom is 0.259 e. The Bertz CT molecular complexity index is 1100. The number of anilines is 1. The van der Waals surface area contributed by atoms with Crippen LogP contribution in [-0.4, -0.2) is 15.9 Å². The number of amides is 1. The summed E-state index contributed by atoms with van der Waals surface area (Å²) in [5.41, 5.74) is 3.81. The molecular weight excluding hydrogens is 374 g/mol. The van der Waals surface area contributed by atoms with Gasteiger partial charge in [0.1, 0.15) is 5.03 Å². The summed E-state index contributed by atoms with van der Waals surface area (Å²) in [5.74, 6) is 0.592. The summed E-state index contributed by atoms with van der Waals surface area (Å²) in [5, 5.41) is 7.69. The molecule has 134 valence electrons. The second kappa shape index (κ2) is 7.90. The van der Waals surface area contributed by atoms with E-state index in [9.17, 15) is 4.79 Å². The van der Waals surface area contributed by atoms with E-state index in [1.807, 2.05) is 54.9 Å². The van der Waals surface area contributed by atoms with Gasteiger partial charge in [-0.05, 0) is 53.8 Å². The normalized spacial score (nSPS) is 10.9. The third-order valence-corrected chi connectivity index (χ3v) is 6.19. The number of carbonyl (C=O) groups is 1. The van der Waals surface area contributed by atoms with Gasteiger partial charge < -0.3 is 5.32 Å². The van der Waals surface area contributed by atoms with E-state index in [4.69, 9.17) is 0 Å². The summed E-state index contributed by atoms with van der Waals surface area (Å²) in [6, 6.07) is 15.7. The highest BCUT2D eigenvalue weighted by molar-refractivity contribution is 7.98. The largest absolute Gasteiger partial charge is 0.313 e. The van der Waals surface area contributed by atoms with Crippen molar-refractivity contribution in [2.75, 3.05) is 5.32 Å². The molecule has 3 aromatic heterocycles. The molecule has 0 spiro atoms. The number of rotatable bonds is 5. The summed E-state index contributed by atoms with van der Waals surface area (Å²) < 4.78 is 0. The molecule has 4 aromatic rings. The van der Waals surface area contributed by atoms with Gasteiger partial charge in [0.2, 0.25) is 0 Å². The van der Waals surface area contributed by atoms with Gasteiger partial charge in [0.15, 0.2) is 0 Å². The minimum Gasteiger partial charge on any atom is -0.313 e. The molecule has 1 aromatic carbocycles. The van der Waals surface area contributed by atoms with Gasteiger partial charge in [-0.1, -0.05) is 18.2 Å². The number of carbonyl (C=O) groups excluding carboxylic acids is 1. The Hall–Kier alpha value is -2.70. The number of hydrogen-bond donors (Lipinski definition) is 1. The Balaban J connectivity index is 1.56. The van der Waals surface area contributed by atoms with Crippen LogP contribution in [0.1, 0.15) is 21.5 Å². The van der Waals surface area contributed by atoms with E-state index in [-0.39, 0.29) is 5.91 Å². The zero-order valence-corrected chi connectivity index (χ0v) is 16.3. The van der Waals surface area contributed by atoms with Crippen molar-refractivity contribution in [3.63, 3.8) is 0 Å². The fraction of sp³-hybridized carbons (Fsp3) is 0.0952. The molecule has 6 heteroatoms. The van der Waals surface area contributed by atoms with Crippen LogP contribution in [0.4, 0.5) is 5.00 Å². The van der Waals surface area contributed by atoms with Crippen molar-refractivity contribution in [2.45, 2.75) is 17.7 Å². The lowest BCUT2D eigenvalue weighted by Crippen LogP contribution is -2.13. The van der Waals surface area contributed by atoms with Crippen LogP contribution >= 0.6 is 23.1 Å². The lowest BCUT2D eigenvalue weighted by atomic mass is 10.1. The number of pyridine rings is 2. The molecule has 0 fully saturated rings. The van der Waals surface area contributed by atoms with Crippen molar-refractivity contribution in [3.8, 4) is 0 Å². The van der Waals surface area contributed by atoms with Crippen molar-refractivity contribution in [3.05, 3.63) is 83.0 Å². The monoisotopic (exact) mass is 391 g/mol. The summed E-state index contributed by atoms with van der Waals surface area (Å²) in [6.07, 6.45) is 3.55. The summed E-state index contributed by atoms with van der Waals surface area (Å²) in [7, 11) is 0. The fourth-order valence-corrected chi connectivity index (χ4v) is 4.59. The van der Waals surface area contributed by atoms with E-state index in [0.717, 1.165) is 32.2 Å². The number of nitrogens with zero attached hydrogens (tertiary/aromatic N) is 2. The van der Waals surface area contributed by atoms with Crippen molar-refractivity contribution < 1.29 is 4.79 Å². The van der Waals surface area contributed by atoms with E-state index < -0.39 is 0 Å². The van der Waals surface area contributed by atoms with E-state index in [1.165, 1.54) is 16.9 Å². The van der Waals surface area contributed by atoms with E-state index in [2.05, 4.69) is 21.4 Å². The highest BCUT2D eigenvalue weighted by Gasteiger charge is 2.15. The number of aryl methyl sites for hydroxylation is 1. The standard InChI is InChI=1S/C21H17N3OS2/c1-14-9-12-26-20(14)24-19(25)17-6-4-10-23-21(17)27-13-15-8-11-22-18-7-3-2-5-16(15)18/h2-12H,13H2,1H3,(H,24,25). The van der Waals surface area contributed by atoms with Crippen LogP contribution in [0.3, 0.4) is 0 Å². The average molecular weight is 392 g/mol. The van der Waals surface area contributed by atoms with E-state index in [1.54, 1.807) is 24.0 Å². The molecule has 27 heavy (non-hydrogen) atoms. The maximum absolute atomic E-state index is 12.7. The van der Waals surface area contributed by atoms with Crippen molar-refractivity contribution in [2.24, 2.45) is 0 Å². The molecule has 0 aliphatic rings. The topological polar surface area (TPSA) is 54.9 Å². The minimum atomic E-state index is -0.129. The number of thioether (sulfide) groups is 1. The van der Waals surface area contributed by atoms with Crippen LogP contribution in [-0.2, 0) is 5.75 Å². The second-order valence-electron chi connectivity index (χ2n) is 6.02. The first-order valence-corrected chi connectivity index (χ1v) is 10.3. The first kappa shape index (κ1) is 17.7. The summed E-state index contributed by atoms with van der Waals surface area (Å²) in [4.78, 5) is 21.6. The average Bonchev–Trinajstić information content (AvgIpc) is 3.11. The predicted octanol–water partition coefficient (Wildman–Crippen LogP) is 5.54. The van der Waals surface area contributed by atoms with Gasteiger partial charge in [-0.15, -0.1) is 23.1 Å². The summed E-state index contributed by atoms with van der Waals surface area (Å²) >= 11 is 3.09. The van der Waals surface area contributed by atoms with Gasteiger partial charge in [0.25, 0.3) is 5.91 Å². The van der Waals surface area contributed by atoms with Gasteiger partial charge >= 0.3 is 0 Å². The van der Waals surface area contributed by atoms with Crippen LogP contribution in [0, 0.1) is 6.92 Å². The molecule has 0 atom stereocenters. The van der Waals surface area contributed by atoms with Crippen LogP contribution in [0.2, 0.25) is 0 Å². The SMILES string of the molecule is Cc1ccsc1NC(=O)c1cccnc1SCc1ccnc2ccccc12. The highest BCUT2D eigenvalue weighted by atomic mass is 32.2. The van der Waals surface area contributed by atoms with E-state index >= 15 is 0 Å². The first-order chi connectivity index (χ1) is 13.2. The number of aromatic nitrogens is 2. The lowest BCUT2D eigenvalue weighted by molar-refractivity contribution is 0.102. The van der Waals surface area contributed by atoms with Gasteiger partial charge in [-0.3, -0.25) is 9.78 Å². The third-order valence-electron chi connectivity index (χ3n) is 4.21. The van der Waals surface area contributed by atoms with Gasteiger partial charge in [-0.25, -0.2) is 4.98 Å². The molecule has 4 rings (SSSR count). The smallest absolute Gasteiger partial charge is 0.259 e. The van der Waals surface area contributed by atoms with Crippen molar-refractivity contribution in [1.82, 2.24) is 9.97 Å².